The molecule has 1 aromatic carbocycles. The van der Waals surface area contributed by atoms with Gasteiger partial charge in [0.15, 0.2) is 5.17 Å². The molecule has 4 aliphatic heterocycles. The zero-order chi connectivity index (χ0) is 22.5. The Balaban J connectivity index is 1.51. The van der Waals surface area contributed by atoms with Crippen LogP contribution in [0.2, 0.25) is 0 Å². The van der Waals surface area contributed by atoms with Crippen molar-refractivity contribution in [1.82, 2.24) is 9.96 Å². The lowest BCUT2D eigenvalue weighted by molar-refractivity contribution is -0.174. The number of benzene rings is 1. The number of hydrogen-bond donors (Lipinski definition) is 1. The van der Waals surface area contributed by atoms with Crippen molar-refractivity contribution in [1.29, 1.82) is 5.26 Å². The number of amides is 2. The SMILES string of the molecule is CC1=CC(=C2S/C(=N\C(=O)N3CC4(COC4)C3)N=C2c2cccc(C#N)c2)C=C(C)N1O. The lowest BCUT2D eigenvalue weighted by atomic mass is 9.78. The van der Waals surface area contributed by atoms with Gasteiger partial charge in [0.25, 0.3) is 0 Å². The summed E-state index contributed by atoms with van der Waals surface area (Å²) in [6.45, 7) is 6.36. The summed E-state index contributed by atoms with van der Waals surface area (Å²) in [4.78, 5) is 24.2. The largest absolute Gasteiger partial charge is 0.380 e. The highest BCUT2D eigenvalue weighted by Crippen LogP contribution is 2.39. The van der Waals surface area contributed by atoms with Crippen molar-refractivity contribution in [2.45, 2.75) is 13.8 Å². The average molecular weight is 448 g/mol. The van der Waals surface area contributed by atoms with Crippen molar-refractivity contribution in [3.63, 3.8) is 0 Å². The first-order valence-electron chi connectivity index (χ1n) is 10.2. The van der Waals surface area contributed by atoms with Crippen LogP contribution < -0.4 is 0 Å². The van der Waals surface area contributed by atoms with Crippen LogP contribution in [0.5, 0.6) is 0 Å². The fraction of sp³-hybridized carbons (Fsp3) is 0.304. The number of rotatable bonds is 1. The van der Waals surface area contributed by atoms with Gasteiger partial charge in [0.2, 0.25) is 0 Å². The molecule has 0 radical (unpaired) electrons. The molecule has 5 rings (SSSR count). The fourth-order valence-electron chi connectivity index (χ4n) is 4.13. The molecule has 2 fully saturated rings. The Bertz CT molecular complexity index is 1190. The van der Waals surface area contributed by atoms with Gasteiger partial charge >= 0.3 is 6.03 Å². The predicted octanol–water partition coefficient (Wildman–Crippen LogP) is 3.67. The number of nitriles is 1. The molecule has 1 aromatic rings. The van der Waals surface area contributed by atoms with Crippen LogP contribution in [0.1, 0.15) is 25.0 Å². The first-order valence-corrected chi connectivity index (χ1v) is 11.0. The number of likely N-dealkylation sites (tertiary alicyclic amines) is 1. The molecule has 162 valence electrons. The Morgan fingerprint density at radius 2 is 2.00 bits per heavy atom. The Morgan fingerprint density at radius 3 is 2.62 bits per heavy atom. The molecule has 32 heavy (non-hydrogen) atoms. The van der Waals surface area contributed by atoms with E-state index in [1.807, 2.05) is 38.1 Å². The fourth-order valence-corrected chi connectivity index (χ4v) is 5.07. The molecule has 0 atom stereocenters. The highest BCUT2D eigenvalue weighted by Gasteiger charge is 2.50. The number of thioether (sulfide) groups is 1. The van der Waals surface area contributed by atoms with Crippen LogP contribution in [-0.4, -0.2) is 58.4 Å². The van der Waals surface area contributed by atoms with E-state index in [1.165, 1.54) is 11.8 Å². The zero-order valence-electron chi connectivity index (χ0n) is 17.7. The molecule has 0 bridgehead atoms. The third-order valence-corrected chi connectivity index (χ3v) is 6.87. The van der Waals surface area contributed by atoms with Gasteiger partial charge in [-0.05, 0) is 55.5 Å². The molecule has 1 spiro atoms. The Kier molecular flexibility index (Phi) is 5.01. The van der Waals surface area contributed by atoms with E-state index in [0.717, 1.165) is 21.1 Å². The summed E-state index contributed by atoms with van der Waals surface area (Å²) in [6.07, 6.45) is 3.72. The summed E-state index contributed by atoms with van der Waals surface area (Å²) < 4.78 is 5.27. The molecule has 4 heterocycles. The molecule has 2 amide bonds. The Morgan fingerprint density at radius 1 is 1.28 bits per heavy atom. The van der Waals surface area contributed by atoms with E-state index >= 15 is 0 Å². The van der Waals surface area contributed by atoms with Crippen LogP contribution in [0.4, 0.5) is 4.79 Å². The number of aliphatic imine (C=N–C) groups is 2. The van der Waals surface area contributed by atoms with E-state index in [-0.39, 0.29) is 11.4 Å². The van der Waals surface area contributed by atoms with Gasteiger partial charge in [0.1, 0.15) is 0 Å². The molecule has 0 unspecified atom stereocenters. The van der Waals surface area contributed by atoms with E-state index in [2.05, 4.69) is 16.1 Å². The van der Waals surface area contributed by atoms with Gasteiger partial charge in [-0.15, -0.1) is 0 Å². The standard InChI is InChI=1S/C23H21N5O3S/c1-14-6-18(7-15(2)28(14)30)20-19(17-5-3-4-16(8-17)9-24)25-21(32-20)26-22(29)27-10-23(11-27)12-31-13-23/h3-8,30H,10-13H2,1-2H3/b26-21-. The second kappa shape index (κ2) is 7.74. The highest BCUT2D eigenvalue weighted by atomic mass is 32.2. The number of hydrogen-bond acceptors (Lipinski definition) is 6. The third-order valence-electron chi connectivity index (χ3n) is 5.87. The van der Waals surface area contributed by atoms with Crippen molar-refractivity contribution in [2.24, 2.45) is 15.4 Å². The van der Waals surface area contributed by atoms with Crippen molar-refractivity contribution < 1.29 is 14.7 Å². The third kappa shape index (κ3) is 3.56. The van der Waals surface area contributed by atoms with Crippen LogP contribution in [-0.2, 0) is 4.74 Å². The monoisotopic (exact) mass is 447 g/mol. The minimum Gasteiger partial charge on any atom is -0.380 e. The minimum atomic E-state index is -0.297. The van der Waals surface area contributed by atoms with E-state index in [4.69, 9.17) is 4.74 Å². The van der Waals surface area contributed by atoms with Gasteiger partial charge in [-0.1, -0.05) is 12.1 Å². The normalized spacial score (nSPS) is 22.8. The molecule has 8 nitrogen and oxygen atoms in total. The molecular formula is C23H21N5O3S. The number of urea groups is 1. The molecule has 0 aliphatic carbocycles. The topological polar surface area (TPSA) is 102 Å². The van der Waals surface area contributed by atoms with Crippen molar-refractivity contribution in [3.05, 3.63) is 69.4 Å². The van der Waals surface area contributed by atoms with E-state index in [1.54, 1.807) is 17.0 Å². The summed E-state index contributed by atoms with van der Waals surface area (Å²) in [5.74, 6) is 0. The lowest BCUT2D eigenvalue weighted by Gasteiger charge is -2.54. The van der Waals surface area contributed by atoms with Crippen LogP contribution in [0, 0.1) is 16.7 Å². The molecule has 4 aliphatic rings. The molecular weight excluding hydrogens is 426 g/mol. The minimum absolute atomic E-state index is 0.126. The molecule has 0 saturated carbocycles. The van der Waals surface area contributed by atoms with Crippen LogP contribution in [0.25, 0.3) is 0 Å². The van der Waals surface area contributed by atoms with E-state index < -0.39 is 0 Å². The van der Waals surface area contributed by atoms with Crippen molar-refractivity contribution in [2.75, 3.05) is 26.3 Å². The second-order valence-corrected chi connectivity index (χ2v) is 9.43. The molecule has 0 aromatic heterocycles. The van der Waals surface area contributed by atoms with Gasteiger partial charge < -0.3 is 9.64 Å². The van der Waals surface area contributed by atoms with Gasteiger partial charge in [-0.25, -0.2) is 14.9 Å². The number of carbonyl (C=O) groups excluding carboxylic acids is 1. The Labute approximate surface area is 189 Å². The summed E-state index contributed by atoms with van der Waals surface area (Å²) >= 11 is 1.32. The van der Waals surface area contributed by atoms with Gasteiger partial charge in [0, 0.05) is 35.0 Å². The summed E-state index contributed by atoms with van der Waals surface area (Å²) in [5, 5.41) is 20.9. The van der Waals surface area contributed by atoms with E-state index in [0.29, 0.717) is 54.1 Å². The van der Waals surface area contributed by atoms with Gasteiger partial charge in [0.05, 0.1) is 36.0 Å². The quantitative estimate of drug-likeness (QED) is 0.705. The zero-order valence-corrected chi connectivity index (χ0v) is 18.5. The second-order valence-electron chi connectivity index (χ2n) is 8.45. The molecule has 1 N–H and O–H groups in total. The molecule has 2 saturated heterocycles. The van der Waals surface area contributed by atoms with Crippen LogP contribution in [0.3, 0.4) is 0 Å². The number of carbonyl (C=O) groups is 1. The number of nitrogens with zero attached hydrogens (tertiary/aromatic N) is 5. The van der Waals surface area contributed by atoms with Gasteiger partial charge in [-0.2, -0.15) is 10.3 Å². The summed E-state index contributed by atoms with van der Waals surface area (Å²) in [6, 6.07) is 9.06. The smallest absolute Gasteiger partial charge is 0.346 e. The average Bonchev–Trinajstić information content (AvgIpc) is 3.13. The number of allylic oxidation sites excluding steroid dienone is 6. The Hall–Kier alpha value is -3.19. The summed E-state index contributed by atoms with van der Waals surface area (Å²) in [7, 11) is 0. The number of amidine groups is 1. The number of ether oxygens (including phenoxy) is 1. The molecule has 9 heteroatoms. The van der Waals surface area contributed by atoms with Crippen LogP contribution >= 0.6 is 11.8 Å². The predicted molar refractivity (Wildman–Crippen MR) is 121 cm³/mol. The maximum Gasteiger partial charge on any atom is 0.346 e. The first kappa shape index (κ1) is 20.7. The lowest BCUT2D eigenvalue weighted by Crippen LogP contribution is -2.66. The maximum atomic E-state index is 12.7. The van der Waals surface area contributed by atoms with Crippen molar-refractivity contribution in [3.8, 4) is 6.07 Å². The van der Waals surface area contributed by atoms with Crippen molar-refractivity contribution >= 4 is 28.7 Å². The first-order chi connectivity index (χ1) is 15.4. The summed E-state index contributed by atoms with van der Waals surface area (Å²) in [5.41, 5.74) is 4.29. The maximum absolute atomic E-state index is 12.7. The number of hydroxylamine groups is 2. The van der Waals surface area contributed by atoms with Gasteiger partial charge in [-0.3, -0.25) is 5.21 Å². The van der Waals surface area contributed by atoms with E-state index in [9.17, 15) is 15.3 Å². The highest BCUT2D eigenvalue weighted by molar-refractivity contribution is 8.18. The van der Waals surface area contributed by atoms with Crippen LogP contribution in [0.15, 0.2) is 68.3 Å².